The van der Waals surface area contributed by atoms with Crippen molar-refractivity contribution < 1.29 is 9.59 Å². The van der Waals surface area contributed by atoms with Gasteiger partial charge in [-0.3, -0.25) is 9.69 Å². The van der Waals surface area contributed by atoms with E-state index in [1.807, 2.05) is 0 Å². The van der Waals surface area contributed by atoms with E-state index in [1.165, 1.54) is 16.2 Å². The maximum atomic E-state index is 12.6. The molecule has 1 aromatic heterocycles. The van der Waals surface area contributed by atoms with Gasteiger partial charge in [-0.2, -0.15) is 0 Å². The summed E-state index contributed by atoms with van der Waals surface area (Å²) in [6.45, 7) is 0.970. The van der Waals surface area contributed by atoms with E-state index < -0.39 is 0 Å². The van der Waals surface area contributed by atoms with E-state index in [9.17, 15) is 9.59 Å². The van der Waals surface area contributed by atoms with Crippen LogP contribution in [0.25, 0.3) is 10.2 Å². The Labute approximate surface area is 169 Å². The topological polar surface area (TPSA) is 65.5 Å². The lowest BCUT2D eigenvalue weighted by molar-refractivity contribution is -0.116. The number of amides is 3. The Balaban J connectivity index is 1.40. The fraction of sp³-hybridized carbons (Fsp3) is 0.167. The van der Waals surface area contributed by atoms with Crippen molar-refractivity contribution in [3.05, 3.63) is 52.5 Å². The molecule has 3 aromatic rings. The molecule has 2 aromatic carbocycles. The van der Waals surface area contributed by atoms with Crippen LogP contribution in [0.5, 0.6) is 0 Å². The van der Waals surface area contributed by atoms with Crippen LogP contribution in [-0.4, -0.2) is 41.5 Å². The highest BCUT2D eigenvalue weighted by atomic mass is 35.5. The Kier molecular flexibility index (Phi) is 4.90. The number of thiazole rings is 1. The Morgan fingerprint density at radius 1 is 1.11 bits per heavy atom. The highest BCUT2D eigenvalue weighted by molar-refractivity contribution is 7.22. The fourth-order valence-electron chi connectivity index (χ4n) is 2.87. The van der Waals surface area contributed by atoms with Crippen molar-refractivity contribution in [2.24, 2.45) is 0 Å². The summed E-state index contributed by atoms with van der Waals surface area (Å²) >= 11 is 13.2. The number of urea groups is 1. The molecular weight excluding hydrogens is 407 g/mol. The molecule has 4 rings (SSSR count). The first-order valence-corrected chi connectivity index (χ1v) is 9.75. The van der Waals surface area contributed by atoms with Crippen molar-refractivity contribution in [1.29, 1.82) is 0 Å². The largest absolute Gasteiger partial charge is 0.325 e. The molecule has 138 valence electrons. The third-order valence-electron chi connectivity index (χ3n) is 4.16. The van der Waals surface area contributed by atoms with Gasteiger partial charge in [-0.15, -0.1) is 0 Å². The van der Waals surface area contributed by atoms with Gasteiger partial charge in [-0.25, -0.2) is 9.78 Å². The van der Waals surface area contributed by atoms with Crippen LogP contribution >= 0.6 is 34.5 Å². The molecule has 3 amide bonds. The van der Waals surface area contributed by atoms with Crippen LogP contribution in [0.4, 0.5) is 15.6 Å². The maximum absolute atomic E-state index is 12.6. The number of hydrogen-bond acceptors (Lipinski definition) is 4. The molecule has 0 saturated carbocycles. The molecule has 0 bridgehead atoms. The van der Waals surface area contributed by atoms with E-state index in [4.69, 9.17) is 23.2 Å². The van der Waals surface area contributed by atoms with Crippen molar-refractivity contribution in [3.63, 3.8) is 0 Å². The van der Waals surface area contributed by atoms with Crippen molar-refractivity contribution in [1.82, 2.24) is 9.88 Å². The lowest BCUT2D eigenvalue weighted by Crippen LogP contribution is -2.37. The maximum Gasteiger partial charge on any atom is 0.325 e. The zero-order valence-corrected chi connectivity index (χ0v) is 16.3. The summed E-state index contributed by atoms with van der Waals surface area (Å²) in [6, 6.07) is 12.2. The van der Waals surface area contributed by atoms with Crippen LogP contribution in [0, 0.1) is 0 Å². The molecule has 1 aliphatic heterocycles. The van der Waals surface area contributed by atoms with Crippen molar-refractivity contribution in [2.45, 2.75) is 0 Å². The normalized spacial score (nSPS) is 14.2. The average Bonchev–Trinajstić information content (AvgIpc) is 3.19. The molecule has 1 N–H and O–H groups in total. The fourth-order valence-corrected chi connectivity index (χ4v) is 4.16. The Hall–Kier alpha value is -2.35. The van der Waals surface area contributed by atoms with Gasteiger partial charge in [0, 0.05) is 28.8 Å². The lowest BCUT2D eigenvalue weighted by Gasteiger charge is -2.18. The first-order valence-electron chi connectivity index (χ1n) is 8.17. The number of halogens is 2. The molecule has 0 aliphatic carbocycles. The number of carbonyl (C=O) groups is 2. The summed E-state index contributed by atoms with van der Waals surface area (Å²) in [5.41, 5.74) is 1.53. The van der Waals surface area contributed by atoms with E-state index in [2.05, 4.69) is 10.3 Å². The highest BCUT2D eigenvalue weighted by Gasteiger charge is 2.30. The van der Waals surface area contributed by atoms with Gasteiger partial charge in [0.25, 0.3) is 0 Å². The first-order chi connectivity index (χ1) is 13.0. The second-order valence-corrected chi connectivity index (χ2v) is 7.91. The number of nitrogens with one attached hydrogen (secondary N) is 1. The van der Waals surface area contributed by atoms with Gasteiger partial charge in [-0.1, -0.05) is 34.5 Å². The predicted octanol–water partition coefficient (Wildman–Crippen LogP) is 4.48. The predicted molar refractivity (Wildman–Crippen MR) is 109 cm³/mol. The van der Waals surface area contributed by atoms with Crippen LogP contribution in [0.2, 0.25) is 10.0 Å². The molecule has 1 aliphatic rings. The Morgan fingerprint density at radius 2 is 1.85 bits per heavy atom. The van der Waals surface area contributed by atoms with E-state index in [1.54, 1.807) is 47.4 Å². The Bertz CT molecular complexity index is 1020. The van der Waals surface area contributed by atoms with Crippen LogP contribution in [-0.2, 0) is 4.79 Å². The summed E-state index contributed by atoms with van der Waals surface area (Å²) in [7, 11) is 0. The smallest absolute Gasteiger partial charge is 0.313 e. The Morgan fingerprint density at radius 3 is 2.63 bits per heavy atom. The van der Waals surface area contributed by atoms with Crippen molar-refractivity contribution in [2.75, 3.05) is 29.9 Å². The number of anilines is 2. The summed E-state index contributed by atoms with van der Waals surface area (Å²) in [6.07, 6.45) is 0. The van der Waals surface area contributed by atoms with Gasteiger partial charge >= 0.3 is 6.03 Å². The van der Waals surface area contributed by atoms with Gasteiger partial charge in [0.05, 0.1) is 10.2 Å². The molecule has 0 spiro atoms. The molecule has 27 heavy (non-hydrogen) atoms. The monoisotopic (exact) mass is 420 g/mol. The molecule has 9 heteroatoms. The zero-order chi connectivity index (χ0) is 19.0. The molecule has 0 radical (unpaired) electrons. The molecule has 0 unspecified atom stereocenters. The van der Waals surface area contributed by atoms with E-state index >= 15 is 0 Å². The van der Waals surface area contributed by atoms with Gasteiger partial charge in [0.2, 0.25) is 5.91 Å². The summed E-state index contributed by atoms with van der Waals surface area (Å²) in [5, 5.41) is 4.47. The molecule has 1 saturated heterocycles. The SMILES string of the molecule is O=C(CN1CCN(c2ccc(Cl)cc2)C1=O)Nc1nc2ccc(Cl)cc2s1. The molecular formula is C18H14Cl2N4O2S. The minimum absolute atomic E-state index is 0.0282. The summed E-state index contributed by atoms with van der Waals surface area (Å²) in [4.78, 5) is 32.4. The lowest BCUT2D eigenvalue weighted by atomic mass is 10.3. The second kappa shape index (κ2) is 7.34. The van der Waals surface area contributed by atoms with Crippen molar-refractivity contribution in [3.8, 4) is 0 Å². The first kappa shape index (κ1) is 18.0. The minimum Gasteiger partial charge on any atom is -0.313 e. The molecule has 6 nitrogen and oxygen atoms in total. The number of rotatable bonds is 4. The molecule has 0 atom stereocenters. The number of nitrogens with zero attached hydrogens (tertiary/aromatic N) is 3. The van der Waals surface area contributed by atoms with E-state index in [-0.39, 0.29) is 18.5 Å². The van der Waals surface area contributed by atoms with Crippen LogP contribution in [0.1, 0.15) is 0 Å². The summed E-state index contributed by atoms with van der Waals surface area (Å²) in [5.74, 6) is -0.286. The summed E-state index contributed by atoms with van der Waals surface area (Å²) < 4.78 is 0.893. The second-order valence-electron chi connectivity index (χ2n) is 6.01. The number of aromatic nitrogens is 1. The van der Waals surface area contributed by atoms with Gasteiger partial charge < -0.3 is 10.2 Å². The van der Waals surface area contributed by atoms with Crippen LogP contribution < -0.4 is 10.2 Å². The van der Waals surface area contributed by atoms with Crippen molar-refractivity contribution >= 4 is 67.5 Å². The van der Waals surface area contributed by atoms with E-state index in [0.29, 0.717) is 28.3 Å². The number of hydrogen-bond donors (Lipinski definition) is 1. The minimum atomic E-state index is -0.286. The van der Waals surface area contributed by atoms with Gasteiger partial charge in [-0.05, 0) is 42.5 Å². The van der Waals surface area contributed by atoms with E-state index in [0.717, 1.165) is 15.9 Å². The van der Waals surface area contributed by atoms with Gasteiger partial charge in [0.1, 0.15) is 6.54 Å². The van der Waals surface area contributed by atoms with Crippen LogP contribution in [0.3, 0.4) is 0 Å². The average molecular weight is 421 g/mol. The number of benzene rings is 2. The third-order valence-corrected chi connectivity index (χ3v) is 5.59. The van der Waals surface area contributed by atoms with Crippen LogP contribution in [0.15, 0.2) is 42.5 Å². The molecule has 1 fully saturated rings. The quantitative estimate of drug-likeness (QED) is 0.676. The highest BCUT2D eigenvalue weighted by Crippen LogP contribution is 2.28. The number of carbonyl (C=O) groups excluding carboxylic acids is 2. The zero-order valence-electron chi connectivity index (χ0n) is 14.0. The molecule has 2 heterocycles. The number of fused-ring (bicyclic) bond motifs is 1. The third kappa shape index (κ3) is 3.85. The standard InChI is InChI=1S/C18H14Cl2N4O2S/c19-11-1-4-13(5-2-11)24-8-7-23(18(24)26)10-16(25)22-17-21-14-6-3-12(20)9-15(14)27-17/h1-6,9H,7-8,10H2,(H,21,22,25). The van der Waals surface area contributed by atoms with Gasteiger partial charge in [0.15, 0.2) is 5.13 Å².